The Morgan fingerprint density at radius 2 is 1.89 bits per heavy atom. The van der Waals surface area contributed by atoms with Gasteiger partial charge in [0.1, 0.15) is 18.2 Å². The van der Waals surface area contributed by atoms with Gasteiger partial charge in [0.25, 0.3) is 0 Å². The number of ether oxygens (including phenoxy) is 1. The Bertz CT molecular complexity index is 1120. The van der Waals surface area contributed by atoms with Gasteiger partial charge in [0, 0.05) is 5.39 Å². The standard InChI is InChI=1S/C23H21FN2O2/c1-15-8-11-21(28-14-16(2)27)22(23(15)24)17-9-10-20-18(12-17)13-25-26(20)19-6-4-3-5-7-19/h3-13,16,27H,14H2,1-2H3. The van der Waals surface area contributed by atoms with E-state index < -0.39 is 6.10 Å². The third-order valence-corrected chi connectivity index (χ3v) is 4.63. The van der Waals surface area contributed by atoms with Gasteiger partial charge in [0.2, 0.25) is 0 Å². The smallest absolute Gasteiger partial charge is 0.137 e. The molecule has 0 saturated heterocycles. The van der Waals surface area contributed by atoms with E-state index >= 15 is 0 Å². The summed E-state index contributed by atoms with van der Waals surface area (Å²) in [5.74, 6) is 0.0942. The van der Waals surface area contributed by atoms with E-state index in [9.17, 15) is 9.50 Å². The number of aryl methyl sites for hydroxylation is 1. The molecule has 0 radical (unpaired) electrons. The number of aromatic nitrogens is 2. The van der Waals surface area contributed by atoms with Gasteiger partial charge in [-0.15, -0.1) is 0 Å². The van der Waals surface area contributed by atoms with E-state index in [-0.39, 0.29) is 12.4 Å². The van der Waals surface area contributed by atoms with Gasteiger partial charge in [-0.2, -0.15) is 5.10 Å². The van der Waals surface area contributed by atoms with Crippen LogP contribution in [0.25, 0.3) is 27.7 Å². The second kappa shape index (κ2) is 7.44. The van der Waals surface area contributed by atoms with Gasteiger partial charge < -0.3 is 9.84 Å². The summed E-state index contributed by atoms with van der Waals surface area (Å²) in [5, 5.41) is 14.9. The number of aliphatic hydroxyl groups is 1. The van der Waals surface area contributed by atoms with Gasteiger partial charge in [0.05, 0.1) is 29.1 Å². The van der Waals surface area contributed by atoms with Crippen LogP contribution in [0, 0.1) is 12.7 Å². The SMILES string of the molecule is Cc1ccc(OCC(C)O)c(-c2ccc3c(cnn3-c3ccccc3)c2)c1F. The Hall–Kier alpha value is -3.18. The molecule has 0 amide bonds. The number of rotatable bonds is 5. The zero-order chi connectivity index (χ0) is 19.7. The lowest BCUT2D eigenvalue weighted by molar-refractivity contribution is 0.123. The highest BCUT2D eigenvalue weighted by atomic mass is 19.1. The Kier molecular flexibility index (Phi) is 4.84. The van der Waals surface area contributed by atoms with Crippen molar-refractivity contribution >= 4 is 10.9 Å². The monoisotopic (exact) mass is 376 g/mol. The Labute approximate surface area is 162 Å². The fourth-order valence-electron chi connectivity index (χ4n) is 3.23. The molecule has 1 atom stereocenters. The molecule has 1 heterocycles. The molecule has 5 heteroatoms. The van der Waals surface area contributed by atoms with Gasteiger partial charge in [-0.3, -0.25) is 0 Å². The first-order chi connectivity index (χ1) is 13.5. The summed E-state index contributed by atoms with van der Waals surface area (Å²) in [4.78, 5) is 0. The minimum absolute atomic E-state index is 0.101. The highest BCUT2D eigenvalue weighted by Gasteiger charge is 2.17. The normalized spacial score (nSPS) is 12.3. The molecule has 0 saturated carbocycles. The predicted molar refractivity (Wildman–Crippen MR) is 108 cm³/mol. The van der Waals surface area contributed by atoms with Crippen LogP contribution >= 0.6 is 0 Å². The Morgan fingerprint density at radius 1 is 1.11 bits per heavy atom. The Balaban J connectivity index is 1.81. The summed E-state index contributed by atoms with van der Waals surface area (Å²) in [6, 6.07) is 19.0. The molecule has 1 unspecified atom stereocenters. The van der Waals surface area contributed by atoms with Crippen molar-refractivity contribution in [3.63, 3.8) is 0 Å². The van der Waals surface area contributed by atoms with Crippen LogP contribution in [-0.4, -0.2) is 27.6 Å². The van der Waals surface area contributed by atoms with Gasteiger partial charge in [-0.1, -0.05) is 30.3 Å². The van der Waals surface area contributed by atoms with E-state index in [1.165, 1.54) is 0 Å². The van der Waals surface area contributed by atoms with Crippen LogP contribution in [0.15, 0.2) is 66.9 Å². The first kappa shape index (κ1) is 18.2. The number of benzene rings is 3. The number of hydrogen-bond donors (Lipinski definition) is 1. The van der Waals surface area contributed by atoms with Crippen molar-refractivity contribution in [1.82, 2.24) is 9.78 Å². The minimum atomic E-state index is -0.635. The van der Waals surface area contributed by atoms with Gasteiger partial charge in [-0.25, -0.2) is 9.07 Å². The lowest BCUT2D eigenvalue weighted by atomic mass is 10.00. The average molecular weight is 376 g/mol. The van der Waals surface area contributed by atoms with Crippen LogP contribution in [0.2, 0.25) is 0 Å². The number of para-hydroxylation sites is 1. The topological polar surface area (TPSA) is 47.3 Å². The number of nitrogens with zero attached hydrogens (tertiary/aromatic N) is 2. The molecule has 28 heavy (non-hydrogen) atoms. The second-order valence-electron chi connectivity index (χ2n) is 6.90. The van der Waals surface area contributed by atoms with Crippen molar-refractivity contribution in [3.8, 4) is 22.6 Å². The molecule has 0 aliphatic heterocycles. The van der Waals surface area contributed by atoms with Crippen LogP contribution < -0.4 is 4.74 Å². The van der Waals surface area contributed by atoms with Crippen LogP contribution in [0.5, 0.6) is 5.75 Å². The molecule has 0 spiro atoms. The quantitative estimate of drug-likeness (QED) is 0.539. The van der Waals surface area contributed by atoms with Crippen LogP contribution in [0.4, 0.5) is 4.39 Å². The van der Waals surface area contributed by atoms with Crippen molar-refractivity contribution in [2.75, 3.05) is 6.61 Å². The number of halogens is 1. The summed E-state index contributed by atoms with van der Waals surface area (Å²) in [6.45, 7) is 3.46. The van der Waals surface area contributed by atoms with E-state index in [1.807, 2.05) is 53.2 Å². The molecule has 3 aromatic carbocycles. The van der Waals surface area contributed by atoms with Crippen molar-refractivity contribution in [2.45, 2.75) is 20.0 Å². The van der Waals surface area contributed by atoms with Gasteiger partial charge >= 0.3 is 0 Å². The van der Waals surface area contributed by atoms with Gasteiger partial charge in [-0.05, 0) is 55.3 Å². The van der Waals surface area contributed by atoms with E-state index in [0.717, 1.165) is 16.6 Å². The average Bonchev–Trinajstić information content (AvgIpc) is 3.12. The number of fused-ring (bicyclic) bond motifs is 1. The van der Waals surface area contributed by atoms with Crippen molar-refractivity contribution in [3.05, 3.63) is 78.2 Å². The third-order valence-electron chi connectivity index (χ3n) is 4.63. The van der Waals surface area contributed by atoms with Crippen molar-refractivity contribution in [1.29, 1.82) is 0 Å². The summed E-state index contributed by atoms with van der Waals surface area (Å²) in [5.41, 5.74) is 3.55. The summed E-state index contributed by atoms with van der Waals surface area (Å²) < 4.78 is 22.5. The van der Waals surface area contributed by atoms with Crippen LogP contribution in [-0.2, 0) is 0 Å². The molecule has 1 aromatic heterocycles. The van der Waals surface area contributed by atoms with E-state index in [4.69, 9.17) is 4.74 Å². The molecule has 0 aliphatic rings. The molecular weight excluding hydrogens is 355 g/mol. The maximum absolute atomic E-state index is 15.0. The summed E-state index contributed by atoms with van der Waals surface area (Å²) in [6.07, 6.45) is 1.14. The minimum Gasteiger partial charge on any atom is -0.490 e. The number of hydrogen-bond acceptors (Lipinski definition) is 3. The maximum atomic E-state index is 15.0. The molecule has 0 fully saturated rings. The molecule has 4 aromatic rings. The fourth-order valence-corrected chi connectivity index (χ4v) is 3.23. The van der Waals surface area contributed by atoms with Crippen LogP contribution in [0.1, 0.15) is 12.5 Å². The third kappa shape index (κ3) is 3.37. The molecule has 0 aliphatic carbocycles. The molecular formula is C23H21FN2O2. The molecule has 142 valence electrons. The molecule has 4 rings (SSSR count). The summed E-state index contributed by atoms with van der Waals surface area (Å²) in [7, 11) is 0. The molecule has 4 nitrogen and oxygen atoms in total. The van der Waals surface area contributed by atoms with E-state index in [1.54, 1.807) is 32.2 Å². The second-order valence-corrected chi connectivity index (χ2v) is 6.90. The molecule has 1 N–H and O–H groups in total. The van der Waals surface area contributed by atoms with Crippen LogP contribution in [0.3, 0.4) is 0 Å². The zero-order valence-electron chi connectivity index (χ0n) is 15.8. The lowest BCUT2D eigenvalue weighted by Gasteiger charge is -2.15. The fraction of sp³-hybridized carbons (Fsp3) is 0.174. The lowest BCUT2D eigenvalue weighted by Crippen LogP contribution is -2.13. The first-order valence-corrected chi connectivity index (χ1v) is 9.18. The zero-order valence-corrected chi connectivity index (χ0v) is 15.8. The first-order valence-electron chi connectivity index (χ1n) is 9.18. The Morgan fingerprint density at radius 3 is 2.64 bits per heavy atom. The highest BCUT2D eigenvalue weighted by Crippen LogP contribution is 2.36. The number of aliphatic hydroxyl groups excluding tert-OH is 1. The van der Waals surface area contributed by atoms with E-state index in [2.05, 4.69) is 5.10 Å². The van der Waals surface area contributed by atoms with E-state index in [0.29, 0.717) is 22.4 Å². The maximum Gasteiger partial charge on any atom is 0.137 e. The summed E-state index contributed by atoms with van der Waals surface area (Å²) >= 11 is 0. The van der Waals surface area contributed by atoms with Crippen molar-refractivity contribution < 1.29 is 14.2 Å². The van der Waals surface area contributed by atoms with Gasteiger partial charge in [0.15, 0.2) is 0 Å². The molecule has 0 bridgehead atoms. The highest BCUT2D eigenvalue weighted by molar-refractivity contribution is 5.87. The van der Waals surface area contributed by atoms with Crippen molar-refractivity contribution in [2.24, 2.45) is 0 Å². The largest absolute Gasteiger partial charge is 0.490 e. The predicted octanol–water partition coefficient (Wildman–Crippen LogP) is 4.90.